The van der Waals surface area contributed by atoms with Crippen molar-refractivity contribution >= 4 is 5.91 Å². The Balaban J connectivity index is 1.96. The zero-order chi connectivity index (χ0) is 13.8. The third kappa shape index (κ3) is 3.30. The fourth-order valence-corrected chi connectivity index (χ4v) is 2.34. The molecule has 1 saturated heterocycles. The maximum atomic E-state index is 12.3. The Bertz CT molecular complexity index is 441. The van der Waals surface area contributed by atoms with E-state index >= 15 is 0 Å². The van der Waals surface area contributed by atoms with E-state index in [1.165, 1.54) is 0 Å². The van der Waals surface area contributed by atoms with Crippen molar-refractivity contribution in [2.75, 3.05) is 32.7 Å². The predicted molar refractivity (Wildman–Crippen MR) is 75.0 cm³/mol. The highest BCUT2D eigenvalue weighted by Crippen LogP contribution is 2.09. The van der Waals surface area contributed by atoms with E-state index in [2.05, 4.69) is 16.8 Å². The molecule has 104 valence electrons. The van der Waals surface area contributed by atoms with Crippen molar-refractivity contribution in [2.45, 2.75) is 19.9 Å². The summed E-state index contributed by atoms with van der Waals surface area (Å²) in [5.41, 5.74) is 7.09. The Morgan fingerprint density at radius 3 is 2.63 bits per heavy atom. The van der Waals surface area contributed by atoms with Gasteiger partial charge in [-0.3, -0.25) is 9.69 Å². The summed E-state index contributed by atoms with van der Waals surface area (Å²) in [6, 6.07) is 5.94. The maximum Gasteiger partial charge on any atom is 0.272 e. The Kier molecular flexibility index (Phi) is 4.50. The minimum absolute atomic E-state index is 0.0313. The van der Waals surface area contributed by atoms with Crippen LogP contribution in [-0.4, -0.2) is 59.5 Å². The van der Waals surface area contributed by atoms with E-state index in [1.54, 1.807) is 6.07 Å². The number of rotatable bonds is 3. The topological polar surface area (TPSA) is 62.5 Å². The van der Waals surface area contributed by atoms with Gasteiger partial charge in [0.05, 0.1) is 0 Å². The molecule has 1 amide bonds. The molecule has 2 heterocycles. The standard InChI is InChI=1S/C14H22N4O/c1-11-4-3-5-13(16-11)14(19)18-8-6-17(7-9-18)12(2)10-15/h3-5,12H,6-10,15H2,1-2H3. The quantitative estimate of drug-likeness (QED) is 0.861. The van der Waals surface area contributed by atoms with Crippen LogP contribution in [0.3, 0.4) is 0 Å². The number of nitrogens with two attached hydrogens (primary N) is 1. The van der Waals surface area contributed by atoms with Gasteiger partial charge in [-0.15, -0.1) is 0 Å². The molecule has 1 aliphatic heterocycles. The first kappa shape index (κ1) is 14.0. The van der Waals surface area contributed by atoms with Gasteiger partial charge in [-0.1, -0.05) is 6.07 Å². The van der Waals surface area contributed by atoms with Gasteiger partial charge in [-0.25, -0.2) is 4.98 Å². The van der Waals surface area contributed by atoms with Gasteiger partial charge in [0.15, 0.2) is 0 Å². The third-order valence-corrected chi connectivity index (χ3v) is 3.67. The van der Waals surface area contributed by atoms with Crippen LogP contribution < -0.4 is 5.73 Å². The summed E-state index contributed by atoms with van der Waals surface area (Å²) in [5, 5.41) is 0. The number of carbonyl (C=O) groups is 1. The number of hydrogen-bond donors (Lipinski definition) is 1. The molecule has 2 rings (SSSR count). The lowest BCUT2D eigenvalue weighted by atomic mass is 10.2. The number of nitrogens with zero attached hydrogens (tertiary/aromatic N) is 3. The molecule has 19 heavy (non-hydrogen) atoms. The molecule has 0 bridgehead atoms. The molecular formula is C14H22N4O. The van der Waals surface area contributed by atoms with E-state index in [-0.39, 0.29) is 5.91 Å². The summed E-state index contributed by atoms with van der Waals surface area (Å²) < 4.78 is 0. The van der Waals surface area contributed by atoms with Crippen molar-refractivity contribution in [2.24, 2.45) is 5.73 Å². The fourth-order valence-electron chi connectivity index (χ4n) is 2.34. The smallest absolute Gasteiger partial charge is 0.272 e. The number of piperazine rings is 1. The van der Waals surface area contributed by atoms with Crippen molar-refractivity contribution in [3.63, 3.8) is 0 Å². The van der Waals surface area contributed by atoms with E-state index in [1.807, 2.05) is 24.0 Å². The van der Waals surface area contributed by atoms with Gasteiger partial charge in [-0.2, -0.15) is 0 Å². The van der Waals surface area contributed by atoms with Crippen LogP contribution in [0.25, 0.3) is 0 Å². The Morgan fingerprint density at radius 2 is 2.05 bits per heavy atom. The molecule has 1 aromatic rings. The van der Waals surface area contributed by atoms with Gasteiger partial charge in [0, 0.05) is 44.5 Å². The average Bonchev–Trinajstić information content (AvgIpc) is 2.46. The first-order valence-electron chi connectivity index (χ1n) is 6.79. The first-order valence-corrected chi connectivity index (χ1v) is 6.79. The third-order valence-electron chi connectivity index (χ3n) is 3.67. The monoisotopic (exact) mass is 262 g/mol. The van der Waals surface area contributed by atoms with Crippen molar-refractivity contribution in [3.05, 3.63) is 29.6 Å². The second-order valence-corrected chi connectivity index (χ2v) is 5.08. The SMILES string of the molecule is Cc1cccc(C(=O)N2CCN(C(C)CN)CC2)n1. The molecule has 1 fully saturated rings. The summed E-state index contributed by atoms with van der Waals surface area (Å²) in [4.78, 5) is 20.8. The molecule has 1 atom stereocenters. The predicted octanol–water partition coefficient (Wildman–Crippen LogP) is 0.495. The molecule has 0 saturated carbocycles. The number of aromatic nitrogens is 1. The molecule has 0 radical (unpaired) electrons. The van der Waals surface area contributed by atoms with Crippen molar-refractivity contribution in [1.82, 2.24) is 14.8 Å². The maximum absolute atomic E-state index is 12.3. The van der Waals surface area contributed by atoms with Gasteiger partial charge in [-0.05, 0) is 26.0 Å². The van der Waals surface area contributed by atoms with Gasteiger partial charge >= 0.3 is 0 Å². The van der Waals surface area contributed by atoms with E-state index < -0.39 is 0 Å². The number of carbonyl (C=O) groups excluding carboxylic acids is 1. The van der Waals surface area contributed by atoms with Crippen LogP contribution in [0, 0.1) is 6.92 Å². The number of pyridine rings is 1. The van der Waals surface area contributed by atoms with E-state index in [4.69, 9.17) is 5.73 Å². The van der Waals surface area contributed by atoms with E-state index in [9.17, 15) is 4.79 Å². The number of hydrogen-bond acceptors (Lipinski definition) is 4. The lowest BCUT2D eigenvalue weighted by Crippen LogP contribution is -2.52. The van der Waals surface area contributed by atoms with Crippen LogP contribution in [0.15, 0.2) is 18.2 Å². The van der Waals surface area contributed by atoms with Gasteiger partial charge in [0.25, 0.3) is 5.91 Å². The average molecular weight is 262 g/mol. The zero-order valence-corrected chi connectivity index (χ0v) is 11.7. The molecule has 0 spiro atoms. The van der Waals surface area contributed by atoms with Gasteiger partial charge < -0.3 is 10.6 Å². The second-order valence-electron chi connectivity index (χ2n) is 5.08. The molecule has 0 aromatic carbocycles. The highest BCUT2D eigenvalue weighted by atomic mass is 16.2. The summed E-state index contributed by atoms with van der Waals surface area (Å²) in [6.07, 6.45) is 0. The molecule has 1 unspecified atom stereocenters. The van der Waals surface area contributed by atoms with Crippen LogP contribution in [0.4, 0.5) is 0 Å². The Labute approximate surface area is 114 Å². The van der Waals surface area contributed by atoms with Crippen LogP contribution in [0.2, 0.25) is 0 Å². The lowest BCUT2D eigenvalue weighted by Gasteiger charge is -2.37. The van der Waals surface area contributed by atoms with Gasteiger partial charge in [0.2, 0.25) is 0 Å². The first-order chi connectivity index (χ1) is 9.11. The lowest BCUT2D eigenvalue weighted by molar-refractivity contribution is 0.0583. The van der Waals surface area contributed by atoms with Crippen LogP contribution in [-0.2, 0) is 0 Å². The van der Waals surface area contributed by atoms with Crippen molar-refractivity contribution in [1.29, 1.82) is 0 Å². The van der Waals surface area contributed by atoms with E-state index in [0.717, 1.165) is 31.9 Å². The summed E-state index contributed by atoms with van der Waals surface area (Å²) >= 11 is 0. The normalized spacial score (nSPS) is 18.4. The number of amides is 1. The van der Waals surface area contributed by atoms with Crippen molar-refractivity contribution in [3.8, 4) is 0 Å². The fraction of sp³-hybridized carbons (Fsp3) is 0.571. The molecule has 1 aliphatic rings. The summed E-state index contributed by atoms with van der Waals surface area (Å²) in [5.74, 6) is 0.0313. The van der Waals surface area contributed by atoms with Gasteiger partial charge in [0.1, 0.15) is 5.69 Å². The van der Waals surface area contributed by atoms with Crippen LogP contribution >= 0.6 is 0 Å². The molecule has 1 aromatic heterocycles. The minimum atomic E-state index is 0.0313. The second kappa shape index (κ2) is 6.12. The number of aryl methyl sites for hydroxylation is 1. The molecule has 5 heteroatoms. The Hall–Kier alpha value is -1.46. The minimum Gasteiger partial charge on any atom is -0.335 e. The molecule has 5 nitrogen and oxygen atoms in total. The van der Waals surface area contributed by atoms with Crippen molar-refractivity contribution < 1.29 is 4.79 Å². The highest BCUT2D eigenvalue weighted by molar-refractivity contribution is 5.92. The largest absolute Gasteiger partial charge is 0.335 e. The molecular weight excluding hydrogens is 240 g/mol. The van der Waals surface area contributed by atoms with E-state index in [0.29, 0.717) is 18.3 Å². The molecule has 2 N–H and O–H groups in total. The highest BCUT2D eigenvalue weighted by Gasteiger charge is 2.24. The van der Waals surface area contributed by atoms with Crippen LogP contribution in [0.5, 0.6) is 0 Å². The summed E-state index contributed by atoms with van der Waals surface area (Å²) in [7, 11) is 0. The molecule has 0 aliphatic carbocycles. The Morgan fingerprint density at radius 1 is 1.37 bits per heavy atom. The van der Waals surface area contributed by atoms with Crippen LogP contribution in [0.1, 0.15) is 23.1 Å². The zero-order valence-electron chi connectivity index (χ0n) is 11.7. The summed E-state index contributed by atoms with van der Waals surface area (Å²) in [6.45, 7) is 7.95.